The van der Waals surface area contributed by atoms with Gasteiger partial charge in [-0.15, -0.1) is 0 Å². The van der Waals surface area contributed by atoms with Crippen LogP contribution in [0.1, 0.15) is 50.5 Å². The van der Waals surface area contributed by atoms with Crippen molar-refractivity contribution in [2.24, 2.45) is 11.3 Å². The molecule has 0 bridgehead atoms. The third-order valence-electron chi connectivity index (χ3n) is 4.87. The number of unbranched alkanes of at least 4 members (excludes halogenated alkanes) is 1. The molecule has 3 atom stereocenters. The molecule has 2 aliphatic carbocycles. The van der Waals surface area contributed by atoms with Crippen molar-refractivity contribution in [3.05, 3.63) is 35.9 Å². The number of hydrogen-bond donors (Lipinski definition) is 1. The van der Waals surface area contributed by atoms with Crippen molar-refractivity contribution in [2.45, 2.75) is 51.0 Å². The molecule has 2 fully saturated rings. The highest BCUT2D eigenvalue weighted by Crippen LogP contribution is 2.63. The number of fused-ring (bicyclic) bond motifs is 1. The smallest absolute Gasteiger partial charge is 0.0573 e. The Morgan fingerprint density at radius 2 is 2.11 bits per heavy atom. The van der Waals surface area contributed by atoms with Gasteiger partial charge in [0.2, 0.25) is 0 Å². The van der Waals surface area contributed by atoms with Crippen molar-refractivity contribution in [1.82, 2.24) is 0 Å². The molecule has 1 aromatic rings. The number of aliphatic hydroxyl groups is 1. The summed E-state index contributed by atoms with van der Waals surface area (Å²) in [6, 6.07) is 10.2. The van der Waals surface area contributed by atoms with E-state index in [4.69, 9.17) is 0 Å². The van der Waals surface area contributed by atoms with E-state index >= 15 is 0 Å². The molecule has 100 valence electrons. The predicted molar refractivity (Wildman–Crippen MR) is 77.6 cm³/mol. The predicted octanol–water partition coefficient (Wildman–Crippen LogP) is 3.76. The Balaban J connectivity index is 1.44. The highest BCUT2D eigenvalue weighted by atomic mass is 16.3. The summed E-state index contributed by atoms with van der Waals surface area (Å²) >= 11 is 0. The van der Waals surface area contributed by atoms with Crippen LogP contribution in [0.5, 0.6) is 0 Å². The van der Waals surface area contributed by atoms with E-state index in [2.05, 4.69) is 24.0 Å². The fraction of sp³-hybridized carbons (Fsp3) is 0.556. The van der Waals surface area contributed by atoms with Crippen LogP contribution in [0, 0.1) is 23.2 Å². The summed E-state index contributed by atoms with van der Waals surface area (Å²) < 4.78 is 0. The Morgan fingerprint density at radius 1 is 1.26 bits per heavy atom. The van der Waals surface area contributed by atoms with Crippen LogP contribution in [0.2, 0.25) is 0 Å². The van der Waals surface area contributed by atoms with Gasteiger partial charge in [0.05, 0.1) is 6.10 Å². The second-order valence-corrected chi connectivity index (χ2v) is 6.15. The Bertz CT molecular complexity index is 481. The number of benzene rings is 1. The van der Waals surface area contributed by atoms with Gasteiger partial charge in [0, 0.05) is 12.0 Å². The quantitative estimate of drug-likeness (QED) is 0.643. The minimum absolute atomic E-state index is 0.0100. The third kappa shape index (κ3) is 2.85. The first-order valence-electron chi connectivity index (χ1n) is 7.52. The van der Waals surface area contributed by atoms with Crippen LogP contribution in [0.15, 0.2) is 30.3 Å². The zero-order valence-corrected chi connectivity index (χ0v) is 11.4. The SMILES string of the molecule is O[C@@H]1CCC[C@]2(CCCC#Cc3ccccc3)C[C@H]12. The first-order chi connectivity index (χ1) is 9.30. The first-order valence-corrected chi connectivity index (χ1v) is 7.52. The highest BCUT2D eigenvalue weighted by molar-refractivity contribution is 5.33. The summed E-state index contributed by atoms with van der Waals surface area (Å²) in [4.78, 5) is 0. The van der Waals surface area contributed by atoms with Gasteiger partial charge < -0.3 is 5.11 Å². The van der Waals surface area contributed by atoms with E-state index in [0.29, 0.717) is 11.3 Å². The highest BCUT2D eigenvalue weighted by Gasteiger charge is 2.57. The number of hydrogen-bond acceptors (Lipinski definition) is 1. The van der Waals surface area contributed by atoms with Gasteiger partial charge in [0.15, 0.2) is 0 Å². The molecule has 1 aromatic carbocycles. The maximum atomic E-state index is 9.91. The van der Waals surface area contributed by atoms with Gasteiger partial charge in [-0.25, -0.2) is 0 Å². The molecule has 3 rings (SSSR count). The Hall–Kier alpha value is -1.26. The van der Waals surface area contributed by atoms with Crippen molar-refractivity contribution in [1.29, 1.82) is 0 Å². The van der Waals surface area contributed by atoms with Gasteiger partial charge in [-0.2, -0.15) is 0 Å². The third-order valence-corrected chi connectivity index (χ3v) is 4.87. The molecule has 2 aliphatic rings. The lowest BCUT2D eigenvalue weighted by Gasteiger charge is -2.25. The molecular formula is C18H22O. The van der Waals surface area contributed by atoms with Crippen molar-refractivity contribution in [3.8, 4) is 11.8 Å². The number of rotatable bonds is 3. The van der Waals surface area contributed by atoms with Gasteiger partial charge in [0.1, 0.15) is 0 Å². The van der Waals surface area contributed by atoms with Crippen molar-refractivity contribution in [2.75, 3.05) is 0 Å². The molecule has 1 heteroatoms. The summed E-state index contributed by atoms with van der Waals surface area (Å²) in [7, 11) is 0. The fourth-order valence-electron chi connectivity index (χ4n) is 3.70. The van der Waals surface area contributed by atoms with Crippen LogP contribution in [0.25, 0.3) is 0 Å². The molecular weight excluding hydrogens is 232 g/mol. The molecule has 0 saturated heterocycles. The van der Waals surface area contributed by atoms with Crippen LogP contribution in [-0.4, -0.2) is 11.2 Å². The second kappa shape index (κ2) is 5.39. The van der Waals surface area contributed by atoms with Crippen LogP contribution in [0.4, 0.5) is 0 Å². The minimum atomic E-state index is -0.0100. The lowest BCUT2D eigenvalue weighted by atomic mass is 9.83. The van der Waals surface area contributed by atoms with Crippen molar-refractivity contribution >= 4 is 0 Å². The molecule has 0 aliphatic heterocycles. The lowest BCUT2D eigenvalue weighted by molar-refractivity contribution is 0.0899. The molecule has 1 nitrogen and oxygen atoms in total. The van der Waals surface area contributed by atoms with Crippen LogP contribution < -0.4 is 0 Å². The fourth-order valence-corrected chi connectivity index (χ4v) is 3.70. The molecule has 0 heterocycles. The van der Waals surface area contributed by atoms with E-state index in [-0.39, 0.29) is 6.10 Å². The molecule has 0 unspecified atom stereocenters. The Morgan fingerprint density at radius 3 is 2.95 bits per heavy atom. The molecule has 0 aromatic heterocycles. The standard InChI is InChI=1S/C18H22O/c19-17-11-7-13-18(14-16(17)18)12-6-2-5-10-15-8-3-1-4-9-15/h1,3-4,8-9,16-17,19H,2,6-7,11-14H2/t16-,17-,18-/m1/s1. The monoisotopic (exact) mass is 254 g/mol. The molecule has 19 heavy (non-hydrogen) atoms. The minimum Gasteiger partial charge on any atom is -0.393 e. The molecule has 0 amide bonds. The molecule has 0 spiro atoms. The van der Waals surface area contributed by atoms with Gasteiger partial charge in [0.25, 0.3) is 0 Å². The van der Waals surface area contributed by atoms with E-state index in [1.54, 1.807) is 0 Å². The van der Waals surface area contributed by atoms with Crippen molar-refractivity contribution < 1.29 is 5.11 Å². The molecule has 0 radical (unpaired) electrons. The van der Waals surface area contributed by atoms with E-state index < -0.39 is 0 Å². The molecule has 2 saturated carbocycles. The lowest BCUT2D eigenvalue weighted by Crippen LogP contribution is -2.21. The zero-order chi connectivity index (χ0) is 13.1. The summed E-state index contributed by atoms with van der Waals surface area (Å²) in [6.07, 6.45) is 8.26. The van der Waals surface area contributed by atoms with E-state index in [9.17, 15) is 5.11 Å². The van der Waals surface area contributed by atoms with Gasteiger partial charge in [-0.3, -0.25) is 0 Å². The van der Waals surface area contributed by atoms with Crippen molar-refractivity contribution in [3.63, 3.8) is 0 Å². The van der Waals surface area contributed by atoms with Crippen LogP contribution in [0.3, 0.4) is 0 Å². The summed E-state index contributed by atoms with van der Waals surface area (Å²) in [5.74, 6) is 7.11. The summed E-state index contributed by atoms with van der Waals surface area (Å²) in [5.41, 5.74) is 1.62. The summed E-state index contributed by atoms with van der Waals surface area (Å²) in [6.45, 7) is 0. The van der Waals surface area contributed by atoms with Gasteiger partial charge in [-0.1, -0.05) is 36.5 Å². The second-order valence-electron chi connectivity index (χ2n) is 6.15. The van der Waals surface area contributed by atoms with Crippen LogP contribution >= 0.6 is 0 Å². The average Bonchev–Trinajstić information content (AvgIpc) is 3.16. The Labute approximate surface area is 116 Å². The van der Waals surface area contributed by atoms with E-state index in [1.807, 2.05) is 18.2 Å². The van der Waals surface area contributed by atoms with E-state index in [1.165, 1.54) is 32.1 Å². The summed E-state index contributed by atoms with van der Waals surface area (Å²) in [5, 5.41) is 9.91. The zero-order valence-electron chi connectivity index (χ0n) is 11.4. The normalized spacial score (nSPS) is 32.1. The van der Waals surface area contributed by atoms with Gasteiger partial charge >= 0.3 is 0 Å². The van der Waals surface area contributed by atoms with E-state index in [0.717, 1.165) is 18.4 Å². The largest absolute Gasteiger partial charge is 0.393 e. The van der Waals surface area contributed by atoms with Crippen LogP contribution in [-0.2, 0) is 0 Å². The maximum Gasteiger partial charge on any atom is 0.0573 e. The number of aliphatic hydroxyl groups excluding tert-OH is 1. The maximum absolute atomic E-state index is 9.91. The Kier molecular flexibility index (Phi) is 3.62. The van der Waals surface area contributed by atoms with Gasteiger partial charge in [-0.05, 0) is 55.6 Å². The topological polar surface area (TPSA) is 20.2 Å². The average molecular weight is 254 g/mol. The first kappa shape index (κ1) is 12.8. The molecule has 1 N–H and O–H groups in total.